The topological polar surface area (TPSA) is 71.9 Å². The lowest BCUT2D eigenvalue weighted by Gasteiger charge is -2.29. The standard InChI is InChI=1S/C14H20N2O4/c1-10-3-4-13(12(9-17)15-10)20-11(2)14(18)16-5-7-19-8-6-16/h3-4,11,17H,5-9H2,1-2H3. The maximum Gasteiger partial charge on any atom is 0.263 e. The minimum atomic E-state index is -0.608. The van der Waals surface area contributed by atoms with E-state index in [-0.39, 0.29) is 12.5 Å². The Kier molecular flexibility index (Phi) is 4.92. The van der Waals surface area contributed by atoms with Crippen LogP contribution in [0.1, 0.15) is 18.3 Å². The van der Waals surface area contributed by atoms with Crippen molar-refractivity contribution in [3.05, 3.63) is 23.5 Å². The second kappa shape index (κ2) is 6.67. The van der Waals surface area contributed by atoms with Crippen LogP contribution in [0.2, 0.25) is 0 Å². The van der Waals surface area contributed by atoms with Gasteiger partial charge in [-0.05, 0) is 26.0 Å². The number of rotatable bonds is 4. The molecule has 1 unspecified atom stereocenters. The minimum Gasteiger partial charge on any atom is -0.479 e. The summed E-state index contributed by atoms with van der Waals surface area (Å²) in [6.07, 6.45) is -0.608. The van der Waals surface area contributed by atoms with Crippen LogP contribution in [-0.2, 0) is 16.1 Å². The number of aryl methyl sites for hydroxylation is 1. The van der Waals surface area contributed by atoms with Crippen LogP contribution in [0.4, 0.5) is 0 Å². The summed E-state index contributed by atoms with van der Waals surface area (Å²) in [4.78, 5) is 18.2. The van der Waals surface area contributed by atoms with E-state index in [1.807, 2.05) is 6.92 Å². The molecule has 1 aromatic heterocycles. The summed E-state index contributed by atoms with van der Waals surface area (Å²) >= 11 is 0. The quantitative estimate of drug-likeness (QED) is 0.870. The first kappa shape index (κ1) is 14.7. The van der Waals surface area contributed by atoms with Crippen LogP contribution in [0.15, 0.2) is 12.1 Å². The molecule has 1 aliphatic rings. The van der Waals surface area contributed by atoms with Gasteiger partial charge in [-0.3, -0.25) is 9.78 Å². The summed E-state index contributed by atoms with van der Waals surface area (Å²) in [5.41, 5.74) is 1.25. The first-order valence-electron chi connectivity index (χ1n) is 6.72. The van der Waals surface area contributed by atoms with Crippen molar-refractivity contribution >= 4 is 5.91 Å². The van der Waals surface area contributed by atoms with Gasteiger partial charge in [0.05, 0.1) is 19.8 Å². The van der Waals surface area contributed by atoms with Crippen molar-refractivity contribution in [3.8, 4) is 5.75 Å². The molecule has 0 bridgehead atoms. The van der Waals surface area contributed by atoms with E-state index >= 15 is 0 Å². The number of aliphatic hydroxyl groups excluding tert-OH is 1. The van der Waals surface area contributed by atoms with E-state index in [4.69, 9.17) is 9.47 Å². The van der Waals surface area contributed by atoms with Gasteiger partial charge in [0.2, 0.25) is 0 Å². The van der Waals surface area contributed by atoms with Crippen molar-refractivity contribution in [3.63, 3.8) is 0 Å². The molecule has 0 radical (unpaired) electrons. The third-order valence-electron chi connectivity index (χ3n) is 3.20. The maximum atomic E-state index is 12.2. The van der Waals surface area contributed by atoms with Crippen molar-refractivity contribution in [2.24, 2.45) is 0 Å². The SMILES string of the molecule is Cc1ccc(OC(C)C(=O)N2CCOCC2)c(CO)n1. The Morgan fingerprint density at radius 1 is 1.50 bits per heavy atom. The van der Waals surface area contributed by atoms with Crippen molar-refractivity contribution in [2.45, 2.75) is 26.6 Å². The zero-order chi connectivity index (χ0) is 14.5. The zero-order valence-electron chi connectivity index (χ0n) is 11.8. The number of hydrogen-bond acceptors (Lipinski definition) is 5. The first-order chi connectivity index (χ1) is 9.61. The summed E-state index contributed by atoms with van der Waals surface area (Å²) in [7, 11) is 0. The fourth-order valence-electron chi connectivity index (χ4n) is 2.10. The van der Waals surface area contributed by atoms with Gasteiger partial charge in [0.15, 0.2) is 6.10 Å². The number of morpholine rings is 1. The molecule has 0 aromatic carbocycles. The molecule has 1 fully saturated rings. The van der Waals surface area contributed by atoms with E-state index < -0.39 is 6.10 Å². The second-order valence-corrected chi connectivity index (χ2v) is 4.75. The molecular formula is C14H20N2O4. The van der Waals surface area contributed by atoms with Gasteiger partial charge in [-0.25, -0.2) is 0 Å². The number of carbonyl (C=O) groups excluding carboxylic acids is 1. The Balaban J connectivity index is 2.03. The van der Waals surface area contributed by atoms with Crippen LogP contribution < -0.4 is 4.74 Å². The predicted molar refractivity (Wildman–Crippen MR) is 72.4 cm³/mol. The summed E-state index contributed by atoms with van der Waals surface area (Å²) in [5.74, 6) is 0.380. The molecule has 110 valence electrons. The Morgan fingerprint density at radius 2 is 2.20 bits per heavy atom. The van der Waals surface area contributed by atoms with E-state index in [0.29, 0.717) is 37.7 Å². The van der Waals surface area contributed by atoms with Crippen molar-refractivity contribution in [1.29, 1.82) is 0 Å². The molecular weight excluding hydrogens is 260 g/mol. The van der Waals surface area contributed by atoms with E-state index in [1.54, 1.807) is 24.0 Å². The van der Waals surface area contributed by atoms with Crippen molar-refractivity contribution < 1.29 is 19.4 Å². The van der Waals surface area contributed by atoms with Crippen LogP contribution in [0.5, 0.6) is 5.75 Å². The molecule has 0 spiro atoms. The average Bonchev–Trinajstić information content (AvgIpc) is 2.49. The van der Waals surface area contributed by atoms with Gasteiger partial charge in [-0.1, -0.05) is 0 Å². The van der Waals surface area contributed by atoms with E-state index in [9.17, 15) is 9.90 Å². The largest absolute Gasteiger partial charge is 0.479 e. The Bertz CT molecular complexity index is 472. The summed E-state index contributed by atoms with van der Waals surface area (Å²) in [6, 6.07) is 3.53. The molecule has 1 saturated heterocycles. The predicted octanol–water partition coefficient (Wildman–Crippen LogP) is 0.508. The highest BCUT2D eigenvalue weighted by molar-refractivity contribution is 5.81. The Hall–Kier alpha value is -1.66. The number of aliphatic hydroxyl groups is 1. The highest BCUT2D eigenvalue weighted by atomic mass is 16.5. The monoisotopic (exact) mass is 280 g/mol. The van der Waals surface area contributed by atoms with E-state index in [2.05, 4.69) is 4.98 Å². The van der Waals surface area contributed by atoms with Crippen LogP contribution in [-0.4, -0.2) is 53.3 Å². The molecule has 20 heavy (non-hydrogen) atoms. The number of carbonyl (C=O) groups is 1. The number of ether oxygens (including phenoxy) is 2. The number of hydrogen-bond donors (Lipinski definition) is 1. The lowest BCUT2D eigenvalue weighted by molar-refractivity contribution is -0.142. The van der Waals surface area contributed by atoms with Gasteiger partial charge in [-0.2, -0.15) is 0 Å². The molecule has 2 heterocycles. The fourth-order valence-corrected chi connectivity index (χ4v) is 2.10. The first-order valence-corrected chi connectivity index (χ1v) is 6.72. The fraction of sp³-hybridized carbons (Fsp3) is 0.571. The number of pyridine rings is 1. The maximum absolute atomic E-state index is 12.2. The lowest BCUT2D eigenvalue weighted by Crippen LogP contribution is -2.46. The average molecular weight is 280 g/mol. The van der Waals surface area contributed by atoms with Crippen LogP contribution in [0.25, 0.3) is 0 Å². The molecule has 6 nitrogen and oxygen atoms in total. The number of aromatic nitrogens is 1. The zero-order valence-corrected chi connectivity index (χ0v) is 11.8. The highest BCUT2D eigenvalue weighted by Gasteiger charge is 2.24. The molecule has 1 atom stereocenters. The minimum absolute atomic E-state index is 0.0715. The molecule has 1 amide bonds. The summed E-state index contributed by atoms with van der Waals surface area (Å²) < 4.78 is 10.9. The van der Waals surface area contributed by atoms with E-state index in [1.165, 1.54) is 0 Å². The second-order valence-electron chi connectivity index (χ2n) is 4.75. The van der Waals surface area contributed by atoms with Crippen molar-refractivity contribution in [1.82, 2.24) is 9.88 Å². The third kappa shape index (κ3) is 3.46. The summed E-state index contributed by atoms with van der Waals surface area (Å²) in [5, 5.41) is 9.29. The van der Waals surface area contributed by atoms with Crippen molar-refractivity contribution in [2.75, 3.05) is 26.3 Å². The number of nitrogens with zero attached hydrogens (tertiary/aromatic N) is 2. The van der Waals surface area contributed by atoms with Gasteiger partial charge in [-0.15, -0.1) is 0 Å². The molecule has 2 rings (SSSR count). The lowest BCUT2D eigenvalue weighted by atomic mass is 10.2. The smallest absolute Gasteiger partial charge is 0.263 e. The van der Waals surface area contributed by atoms with Crippen LogP contribution in [0.3, 0.4) is 0 Å². The van der Waals surface area contributed by atoms with Gasteiger partial charge in [0.25, 0.3) is 5.91 Å². The number of amides is 1. The van der Waals surface area contributed by atoms with Gasteiger partial charge in [0.1, 0.15) is 11.4 Å². The van der Waals surface area contributed by atoms with E-state index in [0.717, 1.165) is 5.69 Å². The molecule has 1 N–H and O–H groups in total. The van der Waals surface area contributed by atoms with Crippen LogP contribution in [0, 0.1) is 6.92 Å². The molecule has 1 aromatic rings. The third-order valence-corrected chi connectivity index (χ3v) is 3.20. The molecule has 1 aliphatic heterocycles. The molecule has 0 aliphatic carbocycles. The Morgan fingerprint density at radius 3 is 2.85 bits per heavy atom. The summed E-state index contributed by atoms with van der Waals surface area (Å²) in [6.45, 7) is 5.63. The van der Waals surface area contributed by atoms with Gasteiger partial charge in [0, 0.05) is 18.8 Å². The molecule has 0 saturated carbocycles. The normalized spacial score (nSPS) is 16.9. The van der Waals surface area contributed by atoms with Gasteiger partial charge >= 0.3 is 0 Å². The Labute approximate surface area is 118 Å². The molecule has 6 heteroatoms. The van der Waals surface area contributed by atoms with Gasteiger partial charge < -0.3 is 19.5 Å². The van der Waals surface area contributed by atoms with Crippen LogP contribution >= 0.6 is 0 Å². The highest BCUT2D eigenvalue weighted by Crippen LogP contribution is 2.19.